The lowest BCUT2D eigenvalue weighted by molar-refractivity contribution is 0.0715. The highest BCUT2D eigenvalue weighted by molar-refractivity contribution is 5.90. The van der Waals surface area contributed by atoms with Gasteiger partial charge in [-0.2, -0.15) is 4.98 Å². The van der Waals surface area contributed by atoms with Gasteiger partial charge in [0, 0.05) is 26.4 Å². The van der Waals surface area contributed by atoms with Crippen LogP contribution in [0.15, 0.2) is 34.7 Å². The molecular weight excluding hydrogens is 334 g/mol. The first kappa shape index (κ1) is 16.3. The van der Waals surface area contributed by atoms with Crippen LogP contribution in [0, 0.1) is 0 Å². The van der Waals surface area contributed by atoms with Crippen LogP contribution in [0.25, 0.3) is 0 Å². The molecule has 0 spiro atoms. The van der Waals surface area contributed by atoms with Crippen LogP contribution in [-0.2, 0) is 26.4 Å². The summed E-state index contributed by atoms with van der Waals surface area (Å²) >= 11 is 0. The number of hydrogen-bond donors (Lipinski definition) is 0. The van der Waals surface area contributed by atoms with Crippen molar-refractivity contribution in [1.82, 2.24) is 24.6 Å². The van der Waals surface area contributed by atoms with E-state index in [4.69, 9.17) is 9.15 Å². The predicted molar refractivity (Wildman–Crippen MR) is 91.8 cm³/mol. The van der Waals surface area contributed by atoms with Gasteiger partial charge >= 0.3 is 6.01 Å². The summed E-state index contributed by atoms with van der Waals surface area (Å²) in [5.41, 5.74) is 1.95. The molecule has 3 heterocycles. The maximum absolute atomic E-state index is 12.7. The summed E-state index contributed by atoms with van der Waals surface area (Å²) in [6.45, 7) is 0.944. The Morgan fingerprint density at radius 2 is 2.08 bits per heavy atom. The molecule has 0 bridgehead atoms. The molecule has 2 aromatic heterocycles. The van der Waals surface area contributed by atoms with Crippen LogP contribution >= 0.6 is 0 Å². The smallest absolute Gasteiger partial charge is 0.314 e. The molecule has 8 heteroatoms. The topological polar surface area (TPSA) is 86.3 Å². The molecule has 0 aliphatic carbocycles. The van der Waals surface area contributed by atoms with Crippen LogP contribution in [0.3, 0.4) is 0 Å². The van der Waals surface area contributed by atoms with Gasteiger partial charge in [-0.05, 0) is 5.56 Å². The van der Waals surface area contributed by atoms with E-state index in [0.29, 0.717) is 37.8 Å². The first-order valence-corrected chi connectivity index (χ1v) is 8.39. The molecule has 26 heavy (non-hydrogen) atoms. The quantitative estimate of drug-likeness (QED) is 0.708. The van der Waals surface area contributed by atoms with Gasteiger partial charge in [-0.1, -0.05) is 30.3 Å². The van der Waals surface area contributed by atoms with Gasteiger partial charge in [0.25, 0.3) is 5.91 Å². The molecule has 1 amide bonds. The van der Waals surface area contributed by atoms with Crippen molar-refractivity contribution in [1.29, 1.82) is 0 Å². The molecule has 1 aliphatic rings. The van der Waals surface area contributed by atoms with Gasteiger partial charge < -0.3 is 14.1 Å². The van der Waals surface area contributed by atoms with Gasteiger partial charge in [0.2, 0.25) is 5.82 Å². The van der Waals surface area contributed by atoms with Crippen molar-refractivity contribution in [3.05, 3.63) is 59.1 Å². The van der Waals surface area contributed by atoms with E-state index in [2.05, 4.69) is 15.1 Å². The van der Waals surface area contributed by atoms with Gasteiger partial charge in [0.1, 0.15) is 11.5 Å². The fourth-order valence-electron chi connectivity index (χ4n) is 3.05. The zero-order chi connectivity index (χ0) is 18.1. The van der Waals surface area contributed by atoms with Crippen LogP contribution in [0.5, 0.6) is 6.01 Å². The number of methoxy groups -OCH3 is 1. The summed E-state index contributed by atoms with van der Waals surface area (Å²) in [7, 11) is 3.18. The molecule has 0 saturated heterocycles. The van der Waals surface area contributed by atoms with Gasteiger partial charge in [0.15, 0.2) is 5.89 Å². The molecule has 0 radical (unpaired) electrons. The van der Waals surface area contributed by atoms with Crippen molar-refractivity contribution >= 4 is 5.91 Å². The third kappa shape index (κ3) is 3.05. The lowest BCUT2D eigenvalue weighted by Gasteiger charge is -2.23. The Morgan fingerprint density at radius 3 is 2.81 bits per heavy atom. The molecule has 0 fully saturated rings. The summed E-state index contributed by atoms with van der Waals surface area (Å²) in [5, 5.41) is 4.12. The largest absolute Gasteiger partial charge is 0.467 e. The van der Waals surface area contributed by atoms with Crippen LogP contribution in [0.1, 0.15) is 33.5 Å². The predicted octanol–water partition coefficient (Wildman–Crippen LogP) is 1.60. The van der Waals surface area contributed by atoms with E-state index in [1.54, 1.807) is 11.9 Å². The summed E-state index contributed by atoms with van der Waals surface area (Å²) in [4.78, 5) is 23.0. The second-order valence-corrected chi connectivity index (χ2v) is 6.16. The molecule has 0 atom stereocenters. The highest BCUT2D eigenvalue weighted by Crippen LogP contribution is 2.22. The number of ether oxygens (including phenoxy) is 1. The fraction of sp³-hybridized carbons (Fsp3) is 0.333. The lowest BCUT2D eigenvalue weighted by atomic mass is 10.1. The normalized spacial score (nSPS) is 13.5. The number of carbonyl (C=O) groups excluding carboxylic acids is 1. The minimum Gasteiger partial charge on any atom is -0.467 e. The zero-order valence-corrected chi connectivity index (χ0v) is 14.7. The van der Waals surface area contributed by atoms with E-state index in [1.807, 2.05) is 30.3 Å². The lowest BCUT2D eigenvalue weighted by Crippen LogP contribution is -2.36. The van der Waals surface area contributed by atoms with E-state index in [9.17, 15) is 4.79 Å². The number of aromatic nitrogens is 4. The molecule has 1 aliphatic heterocycles. The summed E-state index contributed by atoms with van der Waals surface area (Å²) in [6.07, 6.45) is 1.27. The van der Waals surface area contributed by atoms with Gasteiger partial charge in [0.05, 0.1) is 13.7 Å². The number of nitrogens with zero attached hydrogens (tertiary/aromatic N) is 5. The Bertz CT molecular complexity index is 932. The summed E-state index contributed by atoms with van der Waals surface area (Å²) < 4.78 is 12.4. The Kier molecular flexibility index (Phi) is 4.16. The zero-order valence-electron chi connectivity index (χ0n) is 14.7. The molecule has 0 N–H and O–H groups in total. The van der Waals surface area contributed by atoms with E-state index in [1.165, 1.54) is 11.8 Å². The minimum atomic E-state index is -0.234. The van der Waals surface area contributed by atoms with Crippen molar-refractivity contribution in [3.63, 3.8) is 0 Å². The molecule has 4 rings (SSSR count). The number of oxazole rings is 1. The number of hydrogen-bond acceptors (Lipinski definition) is 6. The number of benzene rings is 1. The van der Waals surface area contributed by atoms with Crippen LogP contribution in [0.2, 0.25) is 0 Å². The maximum Gasteiger partial charge on any atom is 0.314 e. The highest BCUT2D eigenvalue weighted by Gasteiger charge is 2.28. The number of fused-ring (bicyclic) bond motifs is 1. The molecular formula is C18H19N5O3. The average Bonchev–Trinajstić information content (AvgIpc) is 3.23. The van der Waals surface area contributed by atoms with Crippen molar-refractivity contribution in [2.24, 2.45) is 7.05 Å². The van der Waals surface area contributed by atoms with Crippen molar-refractivity contribution in [3.8, 4) is 6.01 Å². The number of aryl methyl sites for hydroxylation is 1. The Labute approximate surface area is 150 Å². The second-order valence-electron chi connectivity index (χ2n) is 6.16. The standard InChI is InChI=1S/C18H19N5O3/c1-22-18(25-2)20-16(21-22)17(24)23-9-8-14-13(11-23)19-15(26-14)10-12-6-4-3-5-7-12/h3-7H,8-11H2,1-2H3. The third-order valence-corrected chi connectivity index (χ3v) is 4.35. The second kappa shape index (κ2) is 6.62. The van der Waals surface area contributed by atoms with Crippen molar-refractivity contribution in [2.75, 3.05) is 13.7 Å². The molecule has 0 unspecified atom stereocenters. The van der Waals surface area contributed by atoms with Crippen LogP contribution in [0.4, 0.5) is 0 Å². The molecule has 134 valence electrons. The highest BCUT2D eigenvalue weighted by atomic mass is 16.5. The molecule has 0 saturated carbocycles. The number of carbonyl (C=O) groups is 1. The van der Waals surface area contributed by atoms with Crippen LogP contribution < -0.4 is 4.74 Å². The number of rotatable bonds is 4. The Balaban J connectivity index is 1.49. The van der Waals surface area contributed by atoms with Crippen LogP contribution in [-0.4, -0.2) is 44.2 Å². The van der Waals surface area contributed by atoms with Crippen molar-refractivity contribution in [2.45, 2.75) is 19.4 Å². The molecule has 8 nitrogen and oxygen atoms in total. The molecule has 3 aromatic rings. The third-order valence-electron chi connectivity index (χ3n) is 4.35. The van der Waals surface area contributed by atoms with E-state index in [0.717, 1.165) is 17.0 Å². The van der Waals surface area contributed by atoms with Gasteiger partial charge in [-0.15, -0.1) is 5.10 Å². The SMILES string of the molecule is COc1nc(C(=O)N2CCc3oc(Cc4ccccc4)nc3C2)nn1C. The van der Waals surface area contributed by atoms with E-state index >= 15 is 0 Å². The summed E-state index contributed by atoms with van der Waals surface area (Å²) in [6, 6.07) is 10.4. The maximum atomic E-state index is 12.7. The van der Waals surface area contributed by atoms with E-state index < -0.39 is 0 Å². The van der Waals surface area contributed by atoms with Gasteiger partial charge in [-0.25, -0.2) is 9.67 Å². The number of amides is 1. The van der Waals surface area contributed by atoms with Gasteiger partial charge in [-0.3, -0.25) is 4.79 Å². The Morgan fingerprint density at radius 1 is 1.27 bits per heavy atom. The monoisotopic (exact) mass is 353 g/mol. The Hall–Kier alpha value is -3.16. The summed E-state index contributed by atoms with van der Waals surface area (Å²) in [5.74, 6) is 1.42. The minimum absolute atomic E-state index is 0.126. The van der Waals surface area contributed by atoms with Crippen molar-refractivity contribution < 1.29 is 13.9 Å². The first-order valence-electron chi connectivity index (χ1n) is 8.39. The van der Waals surface area contributed by atoms with E-state index in [-0.39, 0.29) is 11.7 Å². The fourth-order valence-corrected chi connectivity index (χ4v) is 3.05. The first-order chi connectivity index (χ1) is 12.6. The average molecular weight is 353 g/mol. The molecule has 1 aromatic carbocycles.